The molecule has 0 aromatic heterocycles. The highest BCUT2D eigenvalue weighted by Gasteiger charge is 2.39. The van der Waals surface area contributed by atoms with Crippen LogP contribution in [0.3, 0.4) is 0 Å². The van der Waals surface area contributed by atoms with Crippen molar-refractivity contribution in [3.63, 3.8) is 0 Å². The monoisotopic (exact) mass is 401 g/mol. The van der Waals surface area contributed by atoms with Gasteiger partial charge in [-0.25, -0.2) is 0 Å². The van der Waals surface area contributed by atoms with Crippen molar-refractivity contribution in [2.24, 2.45) is 0 Å². The lowest BCUT2D eigenvalue weighted by atomic mass is 10.0. The third-order valence-electron chi connectivity index (χ3n) is 6.04. The lowest BCUT2D eigenvalue weighted by Gasteiger charge is -2.30. The Kier molecular flexibility index (Phi) is 5.82. The number of fused-ring (bicyclic) bond motifs is 1. The number of ether oxygens (including phenoxy) is 2. The molecule has 1 unspecified atom stereocenters. The zero-order chi connectivity index (χ0) is 20.4. The summed E-state index contributed by atoms with van der Waals surface area (Å²) in [5.41, 5.74) is 1.46. The van der Waals surface area contributed by atoms with Gasteiger partial charge in [-0.2, -0.15) is 0 Å². The Hall–Kier alpha value is -2.45. The van der Waals surface area contributed by atoms with Crippen molar-refractivity contribution in [3.05, 3.63) is 29.3 Å². The Bertz CT molecular complexity index is 804. The highest BCUT2D eigenvalue weighted by atomic mass is 16.5. The molecular weight excluding hydrogens is 374 g/mol. The summed E-state index contributed by atoms with van der Waals surface area (Å²) in [6.45, 7) is 3.83. The van der Waals surface area contributed by atoms with Crippen LogP contribution in [0.5, 0.6) is 5.75 Å². The Morgan fingerprint density at radius 3 is 2.66 bits per heavy atom. The minimum Gasteiger partial charge on any atom is -0.492 e. The highest BCUT2D eigenvalue weighted by molar-refractivity contribution is 6.05. The standard InChI is InChI=1S/C21H27N3O5/c1-28-15-6-8-23(9-7-15)10-11-29-16-2-3-17-14(12-16)13-24(21(17)27)18-4-5-19(25)22-20(18)26/h2-3,12,15,18H,4-11,13H2,1H3,(H,22,25,26). The van der Waals surface area contributed by atoms with E-state index in [0.717, 1.165) is 43.8 Å². The molecule has 29 heavy (non-hydrogen) atoms. The van der Waals surface area contributed by atoms with Gasteiger partial charge in [0.2, 0.25) is 11.8 Å². The number of rotatable bonds is 6. The van der Waals surface area contributed by atoms with Gasteiger partial charge in [-0.1, -0.05) is 0 Å². The molecule has 1 atom stereocenters. The Morgan fingerprint density at radius 1 is 1.14 bits per heavy atom. The predicted molar refractivity (Wildman–Crippen MR) is 104 cm³/mol. The average Bonchev–Trinajstić information content (AvgIpc) is 3.04. The average molecular weight is 401 g/mol. The fourth-order valence-corrected chi connectivity index (χ4v) is 4.30. The second-order valence-electron chi connectivity index (χ2n) is 7.84. The van der Waals surface area contributed by atoms with Crippen molar-refractivity contribution in [1.29, 1.82) is 0 Å². The van der Waals surface area contributed by atoms with E-state index in [4.69, 9.17) is 9.47 Å². The molecule has 0 bridgehead atoms. The topological polar surface area (TPSA) is 88.2 Å². The summed E-state index contributed by atoms with van der Waals surface area (Å²) in [6.07, 6.45) is 3.09. The summed E-state index contributed by atoms with van der Waals surface area (Å²) < 4.78 is 11.3. The van der Waals surface area contributed by atoms with Crippen molar-refractivity contribution in [2.45, 2.75) is 44.4 Å². The van der Waals surface area contributed by atoms with Crippen LogP contribution < -0.4 is 10.1 Å². The van der Waals surface area contributed by atoms with Crippen molar-refractivity contribution < 1.29 is 23.9 Å². The van der Waals surface area contributed by atoms with E-state index in [2.05, 4.69) is 10.2 Å². The Morgan fingerprint density at radius 2 is 1.93 bits per heavy atom. The fourth-order valence-electron chi connectivity index (χ4n) is 4.30. The molecule has 1 aromatic rings. The summed E-state index contributed by atoms with van der Waals surface area (Å²) in [7, 11) is 1.77. The van der Waals surface area contributed by atoms with Crippen LogP contribution in [0, 0.1) is 0 Å². The molecule has 0 aliphatic carbocycles. The van der Waals surface area contributed by atoms with Crippen molar-refractivity contribution >= 4 is 17.7 Å². The SMILES string of the molecule is COC1CCN(CCOc2ccc3c(c2)CN(C2CCC(=O)NC2=O)C3=O)CC1. The molecule has 1 aromatic carbocycles. The molecule has 3 heterocycles. The molecule has 156 valence electrons. The predicted octanol–water partition coefficient (Wildman–Crippen LogP) is 0.937. The molecule has 3 amide bonds. The van der Waals surface area contributed by atoms with E-state index < -0.39 is 11.9 Å². The smallest absolute Gasteiger partial charge is 0.255 e. The van der Waals surface area contributed by atoms with E-state index in [1.165, 1.54) is 0 Å². The molecule has 2 saturated heterocycles. The lowest BCUT2D eigenvalue weighted by molar-refractivity contribution is -0.136. The van der Waals surface area contributed by atoms with Gasteiger partial charge in [0.25, 0.3) is 5.91 Å². The molecule has 8 nitrogen and oxygen atoms in total. The first-order chi connectivity index (χ1) is 14.0. The van der Waals surface area contributed by atoms with Gasteiger partial charge in [-0.15, -0.1) is 0 Å². The number of benzene rings is 1. The molecule has 3 aliphatic rings. The summed E-state index contributed by atoms with van der Waals surface area (Å²) in [6, 6.07) is 4.87. The molecule has 1 N–H and O–H groups in total. The second-order valence-corrected chi connectivity index (χ2v) is 7.84. The van der Waals surface area contributed by atoms with Crippen LogP contribution >= 0.6 is 0 Å². The first-order valence-electron chi connectivity index (χ1n) is 10.2. The molecular formula is C21H27N3O5. The maximum absolute atomic E-state index is 12.7. The number of imide groups is 1. The number of likely N-dealkylation sites (tertiary alicyclic amines) is 1. The number of hydrogen-bond donors (Lipinski definition) is 1. The van der Waals surface area contributed by atoms with E-state index in [0.29, 0.717) is 31.2 Å². The molecule has 3 aliphatic heterocycles. The van der Waals surface area contributed by atoms with E-state index in [-0.39, 0.29) is 18.2 Å². The largest absolute Gasteiger partial charge is 0.492 e. The second kappa shape index (κ2) is 8.51. The number of methoxy groups -OCH3 is 1. The fraction of sp³-hybridized carbons (Fsp3) is 0.571. The van der Waals surface area contributed by atoms with E-state index >= 15 is 0 Å². The summed E-state index contributed by atoms with van der Waals surface area (Å²) in [5.74, 6) is -0.107. The van der Waals surface area contributed by atoms with Crippen LogP contribution in [0.1, 0.15) is 41.6 Å². The van der Waals surface area contributed by atoms with Crippen LogP contribution in [0.25, 0.3) is 0 Å². The number of nitrogens with zero attached hydrogens (tertiary/aromatic N) is 2. The third-order valence-corrected chi connectivity index (χ3v) is 6.04. The number of hydrogen-bond acceptors (Lipinski definition) is 6. The summed E-state index contributed by atoms with van der Waals surface area (Å²) >= 11 is 0. The molecule has 0 spiro atoms. The molecule has 2 fully saturated rings. The van der Waals surface area contributed by atoms with Gasteiger partial charge in [0, 0.05) is 45.3 Å². The number of carbonyl (C=O) groups excluding carboxylic acids is 3. The van der Waals surface area contributed by atoms with Crippen LogP contribution in [0.2, 0.25) is 0 Å². The molecule has 0 radical (unpaired) electrons. The van der Waals surface area contributed by atoms with Gasteiger partial charge in [-0.3, -0.25) is 24.6 Å². The molecule has 8 heteroatoms. The zero-order valence-electron chi connectivity index (χ0n) is 16.7. The van der Waals surface area contributed by atoms with E-state index in [1.54, 1.807) is 18.1 Å². The van der Waals surface area contributed by atoms with Crippen LogP contribution in [0.15, 0.2) is 18.2 Å². The Balaban J connectivity index is 1.32. The van der Waals surface area contributed by atoms with Gasteiger partial charge in [0.05, 0.1) is 6.10 Å². The van der Waals surface area contributed by atoms with Gasteiger partial charge < -0.3 is 14.4 Å². The first kappa shape index (κ1) is 19.8. The lowest BCUT2D eigenvalue weighted by Crippen LogP contribution is -2.52. The third kappa shape index (κ3) is 4.28. The van der Waals surface area contributed by atoms with Crippen molar-refractivity contribution in [3.8, 4) is 5.75 Å². The van der Waals surface area contributed by atoms with Crippen LogP contribution in [-0.4, -0.2) is 73.0 Å². The number of carbonyl (C=O) groups is 3. The van der Waals surface area contributed by atoms with Gasteiger partial charge in [0.1, 0.15) is 18.4 Å². The quantitative estimate of drug-likeness (QED) is 0.714. The summed E-state index contributed by atoms with van der Waals surface area (Å²) in [4.78, 5) is 40.1. The van der Waals surface area contributed by atoms with Crippen LogP contribution in [-0.2, 0) is 20.9 Å². The van der Waals surface area contributed by atoms with Crippen molar-refractivity contribution in [2.75, 3.05) is 33.4 Å². The maximum Gasteiger partial charge on any atom is 0.255 e. The maximum atomic E-state index is 12.7. The number of amides is 3. The van der Waals surface area contributed by atoms with Gasteiger partial charge in [-0.05, 0) is 43.0 Å². The van der Waals surface area contributed by atoms with Crippen molar-refractivity contribution in [1.82, 2.24) is 15.1 Å². The van der Waals surface area contributed by atoms with Gasteiger partial charge in [0.15, 0.2) is 0 Å². The number of piperidine rings is 2. The molecule has 4 rings (SSSR count). The minimum atomic E-state index is -0.591. The van der Waals surface area contributed by atoms with Crippen LogP contribution in [0.4, 0.5) is 0 Å². The first-order valence-corrected chi connectivity index (χ1v) is 10.2. The van der Waals surface area contributed by atoms with E-state index in [9.17, 15) is 14.4 Å². The molecule has 0 saturated carbocycles. The summed E-state index contributed by atoms with van der Waals surface area (Å²) in [5, 5.41) is 2.32. The van der Waals surface area contributed by atoms with E-state index in [1.807, 2.05) is 12.1 Å². The normalized spacial score (nSPS) is 23.3. The zero-order valence-corrected chi connectivity index (χ0v) is 16.7. The highest BCUT2D eigenvalue weighted by Crippen LogP contribution is 2.30. The number of nitrogens with one attached hydrogen (secondary N) is 1. The minimum absolute atomic E-state index is 0.165. The van der Waals surface area contributed by atoms with Gasteiger partial charge >= 0.3 is 0 Å². The Labute approximate surface area is 170 Å².